The highest BCUT2D eigenvalue weighted by molar-refractivity contribution is 9.10. The lowest BCUT2D eigenvalue weighted by Gasteiger charge is -2.27. The van der Waals surface area contributed by atoms with Gasteiger partial charge in [0.1, 0.15) is 0 Å². The summed E-state index contributed by atoms with van der Waals surface area (Å²) in [6.07, 6.45) is 0. The number of rotatable bonds is 5. The zero-order chi connectivity index (χ0) is 18.4. The summed E-state index contributed by atoms with van der Waals surface area (Å²) >= 11 is 14.9. The van der Waals surface area contributed by atoms with Crippen molar-refractivity contribution in [2.75, 3.05) is 31.6 Å². The zero-order valence-corrected chi connectivity index (χ0v) is 17.5. The molecule has 138 valence electrons. The third-order valence-corrected chi connectivity index (χ3v) is 5.71. The molecule has 1 fully saturated rings. The zero-order valence-electron chi connectivity index (χ0n) is 14.3. The number of hydrogen-bond donors (Lipinski definition) is 2. The van der Waals surface area contributed by atoms with E-state index in [1.165, 1.54) is 11.1 Å². The summed E-state index contributed by atoms with van der Waals surface area (Å²) in [7, 11) is 0. The van der Waals surface area contributed by atoms with E-state index in [9.17, 15) is 0 Å². The molecule has 0 bridgehead atoms. The van der Waals surface area contributed by atoms with Crippen LogP contribution in [0.15, 0.2) is 46.9 Å². The first-order chi connectivity index (χ1) is 12.6. The van der Waals surface area contributed by atoms with E-state index in [1.807, 2.05) is 18.2 Å². The van der Waals surface area contributed by atoms with Gasteiger partial charge in [0.2, 0.25) is 0 Å². The molecule has 0 amide bonds. The number of ether oxygens (including phenoxy) is 1. The van der Waals surface area contributed by atoms with Gasteiger partial charge in [-0.2, -0.15) is 0 Å². The van der Waals surface area contributed by atoms with Gasteiger partial charge in [0, 0.05) is 36.3 Å². The Hall–Kier alpha value is -1.18. The first-order valence-electron chi connectivity index (χ1n) is 8.48. The number of benzene rings is 2. The maximum absolute atomic E-state index is 6.12. The van der Waals surface area contributed by atoms with Crippen LogP contribution >= 0.6 is 39.7 Å². The lowest BCUT2D eigenvalue weighted by molar-refractivity contribution is 0.0341. The van der Waals surface area contributed by atoms with Gasteiger partial charge in [0.05, 0.1) is 18.2 Å². The van der Waals surface area contributed by atoms with Gasteiger partial charge in [-0.25, -0.2) is 0 Å². The van der Waals surface area contributed by atoms with Gasteiger partial charge >= 0.3 is 0 Å². The smallest absolute Gasteiger partial charge is 0.171 e. The van der Waals surface area contributed by atoms with E-state index in [2.05, 4.69) is 55.7 Å². The lowest BCUT2D eigenvalue weighted by Crippen LogP contribution is -2.36. The van der Waals surface area contributed by atoms with Crippen LogP contribution in [0.3, 0.4) is 0 Å². The van der Waals surface area contributed by atoms with Crippen molar-refractivity contribution in [1.29, 1.82) is 0 Å². The molecule has 2 N–H and O–H groups in total. The number of halogens is 2. The minimum absolute atomic E-state index is 0.574. The molecule has 1 aliphatic rings. The molecule has 2 aromatic carbocycles. The van der Waals surface area contributed by atoms with E-state index >= 15 is 0 Å². The molecule has 1 saturated heterocycles. The van der Waals surface area contributed by atoms with Crippen LogP contribution in [0.25, 0.3) is 0 Å². The van der Waals surface area contributed by atoms with Gasteiger partial charge in [0.15, 0.2) is 5.11 Å². The van der Waals surface area contributed by atoms with Crippen LogP contribution in [-0.2, 0) is 17.8 Å². The predicted octanol–water partition coefficient (Wildman–Crippen LogP) is 4.42. The molecule has 0 unspecified atom stereocenters. The van der Waals surface area contributed by atoms with Crippen LogP contribution in [0.5, 0.6) is 0 Å². The summed E-state index contributed by atoms with van der Waals surface area (Å²) in [5.41, 5.74) is 3.42. The van der Waals surface area contributed by atoms with Gasteiger partial charge in [0.25, 0.3) is 0 Å². The Bertz CT molecular complexity index is 768. The molecule has 0 atom stereocenters. The van der Waals surface area contributed by atoms with Gasteiger partial charge < -0.3 is 15.4 Å². The lowest BCUT2D eigenvalue weighted by atomic mass is 10.1. The summed E-state index contributed by atoms with van der Waals surface area (Å²) in [4.78, 5) is 2.42. The molecule has 1 heterocycles. The number of anilines is 1. The molecule has 0 radical (unpaired) electrons. The highest BCUT2D eigenvalue weighted by Crippen LogP contribution is 2.25. The quantitative estimate of drug-likeness (QED) is 0.654. The van der Waals surface area contributed by atoms with Gasteiger partial charge in [-0.05, 0) is 57.5 Å². The van der Waals surface area contributed by atoms with Crippen molar-refractivity contribution in [3.8, 4) is 0 Å². The first-order valence-corrected chi connectivity index (χ1v) is 10.1. The van der Waals surface area contributed by atoms with Crippen LogP contribution in [0, 0.1) is 0 Å². The van der Waals surface area contributed by atoms with E-state index < -0.39 is 0 Å². The van der Waals surface area contributed by atoms with Gasteiger partial charge in [-0.1, -0.05) is 35.9 Å². The fourth-order valence-corrected chi connectivity index (χ4v) is 3.43. The van der Waals surface area contributed by atoms with Crippen molar-refractivity contribution in [1.82, 2.24) is 10.2 Å². The van der Waals surface area contributed by atoms with E-state index in [-0.39, 0.29) is 0 Å². The van der Waals surface area contributed by atoms with E-state index in [4.69, 9.17) is 28.6 Å². The molecule has 0 aliphatic carbocycles. The third-order valence-electron chi connectivity index (χ3n) is 4.23. The highest BCUT2D eigenvalue weighted by atomic mass is 79.9. The van der Waals surface area contributed by atoms with E-state index in [1.54, 1.807) is 0 Å². The first kappa shape index (κ1) is 19.6. The molecule has 3 rings (SSSR count). The normalized spacial score (nSPS) is 14.8. The van der Waals surface area contributed by atoms with E-state index in [0.29, 0.717) is 16.7 Å². The molecule has 0 saturated carbocycles. The Balaban J connectivity index is 1.56. The standard InChI is InChI=1S/C19H21BrClN3OS/c20-17-6-5-16(11-18(17)21)23-19(26)22-12-14-3-1-2-4-15(14)13-24-7-9-25-10-8-24/h1-6,11H,7-10,12-13H2,(H2,22,23,26). The average molecular weight is 455 g/mol. The molecule has 26 heavy (non-hydrogen) atoms. The summed E-state index contributed by atoms with van der Waals surface area (Å²) in [6, 6.07) is 14.1. The maximum atomic E-state index is 6.12. The number of morpholine rings is 1. The van der Waals surface area contributed by atoms with Crippen molar-refractivity contribution in [2.45, 2.75) is 13.1 Å². The Morgan fingerprint density at radius 1 is 1.15 bits per heavy atom. The molecule has 0 aromatic heterocycles. The van der Waals surface area contributed by atoms with Crippen LogP contribution in [0.2, 0.25) is 5.02 Å². The molecule has 2 aromatic rings. The highest BCUT2D eigenvalue weighted by Gasteiger charge is 2.12. The second kappa shape index (κ2) is 9.67. The number of hydrogen-bond acceptors (Lipinski definition) is 3. The minimum Gasteiger partial charge on any atom is -0.379 e. The Labute approximate surface area is 173 Å². The van der Waals surface area contributed by atoms with Crippen LogP contribution in [-0.4, -0.2) is 36.3 Å². The van der Waals surface area contributed by atoms with Crippen molar-refractivity contribution in [3.05, 3.63) is 63.1 Å². The Morgan fingerprint density at radius 3 is 2.62 bits per heavy atom. The third kappa shape index (κ3) is 5.66. The molecule has 0 spiro atoms. The summed E-state index contributed by atoms with van der Waals surface area (Å²) < 4.78 is 6.29. The predicted molar refractivity (Wildman–Crippen MR) is 115 cm³/mol. The van der Waals surface area contributed by atoms with Crippen molar-refractivity contribution < 1.29 is 4.74 Å². The summed E-state index contributed by atoms with van der Waals surface area (Å²) in [5.74, 6) is 0. The number of nitrogens with one attached hydrogen (secondary N) is 2. The SMILES string of the molecule is S=C(NCc1ccccc1CN1CCOCC1)Nc1ccc(Br)c(Cl)c1. The maximum Gasteiger partial charge on any atom is 0.171 e. The molecular formula is C19H21BrClN3OS. The van der Waals surface area contributed by atoms with Crippen LogP contribution in [0.4, 0.5) is 5.69 Å². The second-order valence-electron chi connectivity index (χ2n) is 6.09. The summed E-state index contributed by atoms with van der Waals surface area (Å²) in [5, 5.41) is 7.67. The Kier molecular flexibility index (Phi) is 7.28. The summed E-state index contributed by atoms with van der Waals surface area (Å²) in [6.45, 7) is 5.19. The number of nitrogens with zero attached hydrogens (tertiary/aromatic N) is 1. The topological polar surface area (TPSA) is 36.5 Å². The molecule has 4 nitrogen and oxygen atoms in total. The monoisotopic (exact) mass is 453 g/mol. The fourth-order valence-electron chi connectivity index (χ4n) is 2.81. The average Bonchev–Trinajstić information content (AvgIpc) is 2.65. The van der Waals surface area contributed by atoms with Gasteiger partial charge in [-0.15, -0.1) is 0 Å². The molecular weight excluding hydrogens is 434 g/mol. The molecule has 1 aliphatic heterocycles. The van der Waals surface area contributed by atoms with Crippen LogP contribution < -0.4 is 10.6 Å². The largest absolute Gasteiger partial charge is 0.379 e. The van der Waals surface area contributed by atoms with Crippen LogP contribution in [0.1, 0.15) is 11.1 Å². The Morgan fingerprint density at radius 2 is 1.88 bits per heavy atom. The van der Waals surface area contributed by atoms with Crippen molar-refractivity contribution >= 4 is 50.5 Å². The van der Waals surface area contributed by atoms with Crippen molar-refractivity contribution in [2.24, 2.45) is 0 Å². The second-order valence-corrected chi connectivity index (χ2v) is 7.76. The minimum atomic E-state index is 0.574. The van der Waals surface area contributed by atoms with E-state index in [0.717, 1.165) is 43.0 Å². The fraction of sp³-hybridized carbons (Fsp3) is 0.316. The number of thiocarbonyl (C=S) groups is 1. The van der Waals surface area contributed by atoms with Gasteiger partial charge in [-0.3, -0.25) is 4.90 Å². The van der Waals surface area contributed by atoms with Crippen molar-refractivity contribution in [3.63, 3.8) is 0 Å². The molecule has 7 heteroatoms.